The van der Waals surface area contributed by atoms with Crippen molar-refractivity contribution < 1.29 is 14.6 Å². The molecule has 2 aromatic carbocycles. The normalized spacial score (nSPS) is 10.2. The lowest BCUT2D eigenvalue weighted by molar-refractivity contribution is 0.0697. The van der Waals surface area contributed by atoms with E-state index in [2.05, 4.69) is 0 Å². The van der Waals surface area contributed by atoms with Gasteiger partial charge in [-0.2, -0.15) is 0 Å². The Morgan fingerprint density at radius 2 is 1.95 bits per heavy atom. The van der Waals surface area contributed by atoms with Gasteiger partial charge in [0.2, 0.25) is 0 Å². The van der Waals surface area contributed by atoms with Gasteiger partial charge in [0, 0.05) is 5.88 Å². The Morgan fingerprint density at radius 1 is 1.21 bits per heavy atom. The molecule has 0 amide bonds. The fourth-order valence-electron chi connectivity index (χ4n) is 1.96. The maximum atomic E-state index is 11.4. The van der Waals surface area contributed by atoms with E-state index < -0.39 is 5.97 Å². The van der Waals surface area contributed by atoms with E-state index in [-0.39, 0.29) is 5.56 Å². The van der Waals surface area contributed by atoms with Gasteiger partial charge in [0.25, 0.3) is 0 Å². The van der Waals surface area contributed by atoms with Crippen LogP contribution in [0.5, 0.6) is 5.75 Å². The number of methoxy groups -OCH3 is 1. The second-order valence-electron chi connectivity index (χ2n) is 4.01. The summed E-state index contributed by atoms with van der Waals surface area (Å²) in [6, 6.07) is 12.5. The van der Waals surface area contributed by atoms with Gasteiger partial charge in [-0.15, -0.1) is 11.6 Å². The molecule has 0 aromatic heterocycles. The van der Waals surface area contributed by atoms with Crippen molar-refractivity contribution in [3.05, 3.63) is 53.6 Å². The predicted octanol–water partition coefficient (Wildman–Crippen LogP) is 3.80. The van der Waals surface area contributed by atoms with Crippen molar-refractivity contribution in [2.75, 3.05) is 7.11 Å². The minimum atomic E-state index is -0.988. The summed E-state index contributed by atoms with van der Waals surface area (Å²) in [7, 11) is 1.51. The molecule has 0 unspecified atom stereocenters. The first-order valence-electron chi connectivity index (χ1n) is 5.73. The number of alkyl halides is 1. The van der Waals surface area contributed by atoms with Crippen LogP contribution in [0.4, 0.5) is 0 Å². The van der Waals surface area contributed by atoms with Crippen molar-refractivity contribution in [2.45, 2.75) is 5.88 Å². The third-order valence-electron chi connectivity index (χ3n) is 2.91. The highest BCUT2D eigenvalue weighted by Crippen LogP contribution is 2.30. The lowest BCUT2D eigenvalue weighted by Crippen LogP contribution is -2.01. The molecule has 0 fully saturated rings. The van der Waals surface area contributed by atoms with Gasteiger partial charge >= 0.3 is 5.97 Å². The molecule has 0 radical (unpaired) electrons. The Labute approximate surface area is 116 Å². The Morgan fingerprint density at radius 3 is 2.58 bits per heavy atom. The highest BCUT2D eigenvalue weighted by Gasteiger charge is 2.15. The maximum Gasteiger partial charge on any atom is 0.336 e. The summed E-state index contributed by atoms with van der Waals surface area (Å²) in [6.07, 6.45) is 0. The number of carbonyl (C=O) groups is 1. The van der Waals surface area contributed by atoms with Crippen LogP contribution < -0.4 is 4.74 Å². The summed E-state index contributed by atoms with van der Waals surface area (Å²) < 4.78 is 5.06. The number of carboxylic acids is 1. The average Bonchev–Trinajstić information content (AvgIpc) is 2.46. The van der Waals surface area contributed by atoms with E-state index in [1.165, 1.54) is 13.2 Å². The Balaban J connectivity index is 2.64. The minimum Gasteiger partial charge on any atom is -0.497 e. The molecule has 3 nitrogen and oxygen atoms in total. The molecule has 98 valence electrons. The minimum absolute atomic E-state index is 0.205. The first-order chi connectivity index (χ1) is 9.17. The second kappa shape index (κ2) is 5.76. The highest BCUT2D eigenvalue weighted by molar-refractivity contribution is 6.17. The zero-order chi connectivity index (χ0) is 13.8. The van der Waals surface area contributed by atoms with Crippen LogP contribution in [0.25, 0.3) is 11.1 Å². The zero-order valence-electron chi connectivity index (χ0n) is 10.4. The number of carboxylic acid groups (broad SMARTS) is 1. The fourth-order valence-corrected chi connectivity index (χ4v) is 2.19. The summed E-state index contributed by atoms with van der Waals surface area (Å²) in [4.78, 5) is 11.4. The van der Waals surface area contributed by atoms with Gasteiger partial charge in [-0.25, -0.2) is 4.79 Å². The second-order valence-corrected chi connectivity index (χ2v) is 4.27. The molecule has 0 saturated heterocycles. The smallest absolute Gasteiger partial charge is 0.336 e. The van der Waals surface area contributed by atoms with Gasteiger partial charge in [-0.1, -0.05) is 24.3 Å². The molecule has 0 aliphatic rings. The molecule has 0 saturated carbocycles. The van der Waals surface area contributed by atoms with Gasteiger partial charge in [0.1, 0.15) is 5.75 Å². The number of rotatable bonds is 4. The monoisotopic (exact) mass is 276 g/mol. The van der Waals surface area contributed by atoms with Crippen molar-refractivity contribution in [2.24, 2.45) is 0 Å². The molecule has 2 rings (SSSR count). The van der Waals surface area contributed by atoms with Gasteiger partial charge < -0.3 is 9.84 Å². The largest absolute Gasteiger partial charge is 0.497 e. The number of hydrogen-bond donors (Lipinski definition) is 1. The predicted molar refractivity (Wildman–Crippen MR) is 74.9 cm³/mol. The van der Waals surface area contributed by atoms with E-state index in [4.69, 9.17) is 16.3 Å². The molecule has 0 aliphatic heterocycles. The van der Waals surface area contributed by atoms with Gasteiger partial charge in [0.05, 0.1) is 12.7 Å². The molecule has 0 spiro atoms. The van der Waals surface area contributed by atoms with Crippen LogP contribution >= 0.6 is 11.6 Å². The molecule has 0 bridgehead atoms. The lowest BCUT2D eigenvalue weighted by atomic mass is 9.96. The van der Waals surface area contributed by atoms with Gasteiger partial charge in [0.15, 0.2) is 0 Å². The van der Waals surface area contributed by atoms with E-state index in [9.17, 15) is 9.90 Å². The van der Waals surface area contributed by atoms with E-state index >= 15 is 0 Å². The topological polar surface area (TPSA) is 46.5 Å². The first kappa shape index (κ1) is 13.4. The third kappa shape index (κ3) is 2.71. The van der Waals surface area contributed by atoms with Crippen LogP contribution in [0, 0.1) is 0 Å². The summed E-state index contributed by atoms with van der Waals surface area (Å²) in [6.45, 7) is 0. The molecule has 0 heterocycles. The SMILES string of the molecule is COc1ccc(-c2ccccc2CCl)c(C(=O)O)c1. The first-order valence-corrected chi connectivity index (χ1v) is 6.26. The van der Waals surface area contributed by atoms with Crippen molar-refractivity contribution in [3.8, 4) is 16.9 Å². The summed E-state index contributed by atoms with van der Waals surface area (Å²) in [5.74, 6) is -0.135. The number of halogens is 1. The van der Waals surface area contributed by atoms with Crippen LogP contribution in [0.15, 0.2) is 42.5 Å². The average molecular weight is 277 g/mol. The molecule has 2 aromatic rings. The van der Waals surface area contributed by atoms with Gasteiger partial charge in [-0.05, 0) is 34.9 Å². The van der Waals surface area contributed by atoms with Crippen molar-refractivity contribution >= 4 is 17.6 Å². The van der Waals surface area contributed by atoms with Crippen LogP contribution in [0.2, 0.25) is 0 Å². The summed E-state index contributed by atoms with van der Waals surface area (Å²) >= 11 is 5.90. The van der Waals surface area contributed by atoms with E-state index in [0.717, 1.165) is 11.1 Å². The molecule has 1 N–H and O–H groups in total. The number of aromatic carboxylic acids is 1. The van der Waals surface area contributed by atoms with Crippen molar-refractivity contribution in [1.29, 1.82) is 0 Å². The molecule has 4 heteroatoms. The highest BCUT2D eigenvalue weighted by atomic mass is 35.5. The zero-order valence-corrected chi connectivity index (χ0v) is 11.1. The van der Waals surface area contributed by atoms with Crippen LogP contribution in [-0.4, -0.2) is 18.2 Å². The molecule has 0 atom stereocenters. The quantitative estimate of drug-likeness (QED) is 0.864. The van der Waals surface area contributed by atoms with Crippen LogP contribution in [0.1, 0.15) is 15.9 Å². The van der Waals surface area contributed by atoms with E-state index in [1.54, 1.807) is 12.1 Å². The third-order valence-corrected chi connectivity index (χ3v) is 3.20. The molecule has 0 aliphatic carbocycles. The van der Waals surface area contributed by atoms with Gasteiger partial charge in [-0.3, -0.25) is 0 Å². The molecule has 19 heavy (non-hydrogen) atoms. The summed E-state index contributed by atoms with van der Waals surface area (Å²) in [5, 5.41) is 9.32. The Hall–Kier alpha value is -2.00. The maximum absolute atomic E-state index is 11.4. The van der Waals surface area contributed by atoms with Crippen LogP contribution in [-0.2, 0) is 5.88 Å². The Kier molecular flexibility index (Phi) is 4.07. The molecular weight excluding hydrogens is 264 g/mol. The van der Waals surface area contributed by atoms with E-state index in [0.29, 0.717) is 17.2 Å². The number of benzene rings is 2. The van der Waals surface area contributed by atoms with E-state index in [1.807, 2.05) is 24.3 Å². The fraction of sp³-hybridized carbons (Fsp3) is 0.133. The van der Waals surface area contributed by atoms with Crippen molar-refractivity contribution in [3.63, 3.8) is 0 Å². The number of hydrogen-bond acceptors (Lipinski definition) is 2. The lowest BCUT2D eigenvalue weighted by Gasteiger charge is -2.11. The standard InChI is InChI=1S/C15H13ClO3/c1-19-11-6-7-13(14(8-11)15(17)18)12-5-3-2-4-10(12)9-16/h2-8H,9H2,1H3,(H,17,18). The molecular formula is C15H13ClO3. The number of ether oxygens (including phenoxy) is 1. The van der Waals surface area contributed by atoms with Crippen LogP contribution in [0.3, 0.4) is 0 Å². The van der Waals surface area contributed by atoms with Crippen molar-refractivity contribution in [1.82, 2.24) is 0 Å². The Bertz CT molecular complexity index is 608. The summed E-state index contributed by atoms with van der Waals surface area (Å²) in [5.41, 5.74) is 2.58.